The largest absolute Gasteiger partial charge is 0.387 e. The van der Waals surface area contributed by atoms with Gasteiger partial charge in [0.2, 0.25) is 5.91 Å². The molecule has 0 saturated carbocycles. The van der Waals surface area contributed by atoms with Gasteiger partial charge in [-0.15, -0.1) is 0 Å². The number of unbranched alkanes of at least 4 members (excludes halogenated alkanes) is 16. The molecule has 0 heterocycles. The van der Waals surface area contributed by atoms with E-state index in [0.717, 1.165) is 70.6 Å². The lowest BCUT2D eigenvalue weighted by Crippen LogP contribution is -2.46. The van der Waals surface area contributed by atoms with E-state index < -0.39 is 28.0 Å². The minimum Gasteiger partial charge on any atom is -0.387 e. The van der Waals surface area contributed by atoms with Gasteiger partial charge in [0.25, 0.3) is 10.1 Å². The lowest BCUT2D eigenvalue weighted by Gasteiger charge is -2.21. The summed E-state index contributed by atoms with van der Waals surface area (Å²) in [5.74, 6) is -0.996. The zero-order chi connectivity index (χ0) is 27.6. The van der Waals surface area contributed by atoms with Crippen molar-refractivity contribution in [3.05, 3.63) is 24.3 Å². The van der Waals surface area contributed by atoms with Crippen LogP contribution in [0.2, 0.25) is 0 Å². The molecule has 2 unspecified atom stereocenters. The van der Waals surface area contributed by atoms with Crippen LogP contribution in [0.25, 0.3) is 0 Å². The zero-order valence-corrected chi connectivity index (χ0v) is 24.7. The molecular formula is C30H57NO5S. The molecule has 0 bridgehead atoms. The van der Waals surface area contributed by atoms with Crippen molar-refractivity contribution in [2.24, 2.45) is 0 Å². The van der Waals surface area contributed by atoms with Gasteiger partial charge < -0.3 is 10.4 Å². The van der Waals surface area contributed by atoms with E-state index in [2.05, 4.69) is 31.3 Å². The standard InChI is InChI=1S/C30H57NO5S/c1-3-5-7-9-11-12-13-14-15-16-17-18-19-20-22-24-26-30(33)31-28(27-37(34,35)36)29(32)25-23-21-10-8-6-4-2/h15-16,23,25,28-29,32H,3-14,17-22,24,26-27H2,1-2H3,(H,31,33)(H,34,35,36)/b16-15-,25-23+. The molecule has 1 amide bonds. The van der Waals surface area contributed by atoms with E-state index in [1.807, 2.05) is 6.08 Å². The summed E-state index contributed by atoms with van der Waals surface area (Å²) in [6.45, 7) is 4.39. The Balaban J connectivity index is 3.97. The Morgan fingerprint density at radius 1 is 0.703 bits per heavy atom. The first kappa shape index (κ1) is 35.8. The lowest BCUT2D eigenvalue weighted by molar-refractivity contribution is -0.122. The fourth-order valence-corrected chi connectivity index (χ4v) is 5.06. The van der Waals surface area contributed by atoms with Gasteiger partial charge in [0, 0.05) is 6.42 Å². The maximum atomic E-state index is 12.3. The SMILES string of the molecule is CCCCCC/C=C/C(O)C(CS(=O)(=O)O)NC(=O)CCCCCCC/C=C\CCCCCCCCC. The van der Waals surface area contributed by atoms with Gasteiger partial charge in [0.05, 0.1) is 17.9 Å². The zero-order valence-electron chi connectivity index (χ0n) is 23.8. The summed E-state index contributed by atoms with van der Waals surface area (Å²) in [5.41, 5.74) is 0. The van der Waals surface area contributed by atoms with Crippen molar-refractivity contribution in [1.29, 1.82) is 0 Å². The van der Waals surface area contributed by atoms with Crippen LogP contribution in [0.1, 0.15) is 142 Å². The third kappa shape index (κ3) is 26.2. The molecular weight excluding hydrogens is 486 g/mol. The van der Waals surface area contributed by atoms with E-state index in [-0.39, 0.29) is 12.3 Å². The quantitative estimate of drug-likeness (QED) is 0.0590. The van der Waals surface area contributed by atoms with Crippen LogP contribution in [0.4, 0.5) is 0 Å². The normalized spacial score (nSPS) is 13.9. The van der Waals surface area contributed by atoms with E-state index in [9.17, 15) is 22.9 Å². The summed E-state index contributed by atoms with van der Waals surface area (Å²) in [7, 11) is -4.32. The molecule has 6 nitrogen and oxygen atoms in total. The number of amides is 1. The van der Waals surface area contributed by atoms with E-state index in [4.69, 9.17) is 0 Å². The van der Waals surface area contributed by atoms with Gasteiger partial charge in [0.15, 0.2) is 0 Å². The Labute approximate surface area is 228 Å². The first-order chi connectivity index (χ1) is 17.8. The van der Waals surface area contributed by atoms with Crippen LogP contribution in [0.5, 0.6) is 0 Å². The van der Waals surface area contributed by atoms with Crippen molar-refractivity contribution in [2.75, 3.05) is 5.75 Å². The summed E-state index contributed by atoms with van der Waals surface area (Å²) in [4.78, 5) is 12.3. The fourth-order valence-electron chi connectivity index (χ4n) is 4.32. The summed E-state index contributed by atoms with van der Waals surface area (Å²) in [5, 5.41) is 13.0. The maximum absolute atomic E-state index is 12.3. The molecule has 3 N–H and O–H groups in total. The molecule has 0 aromatic rings. The van der Waals surface area contributed by atoms with Crippen molar-refractivity contribution in [3.63, 3.8) is 0 Å². The lowest BCUT2D eigenvalue weighted by atomic mass is 10.1. The van der Waals surface area contributed by atoms with Crippen molar-refractivity contribution < 1.29 is 22.9 Å². The number of rotatable bonds is 26. The molecule has 0 saturated heterocycles. The van der Waals surface area contributed by atoms with E-state index >= 15 is 0 Å². The number of aliphatic hydroxyl groups excluding tert-OH is 1. The average molecular weight is 544 g/mol. The number of carbonyl (C=O) groups excluding carboxylic acids is 1. The monoisotopic (exact) mass is 543 g/mol. The number of aliphatic hydroxyl groups is 1. The third-order valence-corrected chi connectivity index (χ3v) is 7.40. The minimum absolute atomic E-state index is 0.285. The summed E-state index contributed by atoms with van der Waals surface area (Å²) >= 11 is 0. The fraction of sp³-hybridized carbons (Fsp3) is 0.833. The molecule has 0 radical (unpaired) electrons. The highest BCUT2D eigenvalue weighted by Crippen LogP contribution is 2.11. The molecule has 0 aromatic carbocycles. The van der Waals surface area contributed by atoms with Gasteiger partial charge >= 0.3 is 0 Å². The molecule has 0 aliphatic rings. The van der Waals surface area contributed by atoms with Crippen LogP contribution in [0.3, 0.4) is 0 Å². The molecule has 0 aliphatic carbocycles. The van der Waals surface area contributed by atoms with Crippen LogP contribution < -0.4 is 5.32 Å². The van der Waals surface area contributed by atoms with E-state index in [1.165, 1.54) is 57.4 Å². The number of hydrogen-bond acceptors (Lipinski definition) is 4. The predicted octanol–water partition coefficient (Wildman–Crippen LogP) is 7.67. The molecule has 218 valence electrons. The summed E-state index contributed by atoms with van der Waals surface area (Å²) in [6.07, 6.45) is 29.0. The smallest absolute Gasteiger partial charge is 0.267 e. The maximum Gasteiger partial charge on any atom is 0.267 e. The van der Waals surface area contributed by atoms with Gasteiger partial charge in [0.1, 0.15) is 0 Å². The highest BCUT2D eigenvalue weighted by atomic mass is 32.2. The average Bonchev–Trinajstić information content (AvgIpc) is 2.84. The second-order valence-corrected chi connectivity index (χ2v) is 11.9. The summed E-state index contributed by atoms with van der Waals surface area (Å²) in [6, 6.07) is -1.05. The van der Waals surface area contributed by atoms with Gasteiger partial charge in [-0.25, -0.2) is 0 Å². The van der Waals surface area contributed by atoms with E-state index in [0.29, 0.717) is 0 Å². The first-order valence-electron chi connectivity index (χ1n) is 15.0. The molecule has 37 heavy (non-hydrogen) atoms. The number of allylic oxidation sites excluding steroid dienone is 3. The van der Waals surface area contributed by atoms with E-state index in [1.54, 1.807) is 0 Å². The number of hydrogen-bond donors (Lipinski definition) is 3. The summed E-state index contributed by atoms with van der Waals surface area (Å²) < 4.78 is 31.9. The number of carbonyl (C=O) groups is 1. The predicted molar refractivity (Wildman–Crippen MR) is 156 cm³/mol. The second kappa shape index (κ2) is 25.1. The van der Waals surface area contributed by atoms with Crippen molar-refractivity contribution in [2.45, 2.75) is 154 Å². The third-order valence-electron chi connectivity index (χ3n) is 6.62. The van der Waals surface area contributed by atoms with Crippen molar-refractivity contribution >= 4 is 16.0 Å². The van der Waals surface area contributed by atoms with Crippen LogP contribution in [-0.4, -0.2) is 41.9 Å². The Morgan fingerprint density at radius 3 is 1.65 bits per heavy atom. The number of nitrogens with one attached hydrogen (secondary N) is 1. The molecule has 0 fully saturated rings. The first-order valence-corrected chi connectivity index (χ1v) is 16.6. The Kier molecular flexibility index (Phi) is 24.3. The molecule has 7 heteroatoms. The minimum atomic E-state index is -4.32. The second-order valence-electron chi connectivity index (χ2n) is 10.4. The van der Waals surface area contributed by atoms with Gasteiger partial charge in [-0.05, 0) is 44.9 Å². The highest BCUT2D eigenvalue weighted by Gasteiger charge is 2.24. The Morgan fingerprint density at radius 2 is 1.14 bits per heavy atom. The van der Waals surface area contributed by atoms with Crippen LogP contribution in [-0.2, 0) is 14.9 Å². The molecule has 0 rings (SSSR count). The Bertz CT molecular complexity index is 690. The van der Waals surface area contributed by atoms with Gasteiger partial charge in [-0.2, -0.15) is 8.42 Å². The topological polar surface area (TPSA) is 104 Å². The highest BCUT2D eigenvalue weighted by molar-refractivity contribution is 7.85. The molecule has 2 atom stereocenters. The molecule has 0 spiro atoms. The van der Waals surface area contributed by atoms with Crippen molar-refractivity contribution in [3.8, 4) is 0 Å². The van der Waals surface area contributed by atoms with Crippen LogP contribution in [0.15, 0.2) is 24.3 Å². The molecule has 0 aliphatic heterocycles. The Hall–Kier alpha value is -1.18. The van der Waals surface area contributed by atoms with Crippen molar-refractivity contribution in [1.82, 2.24) is 5.32 Å². The molecule has 0 aromatic heterocycles. The van der Waals surface area contributed by atoms with Crippen LogP contribution in [0, 0.1) is 0 Å². The van der Waals surface area contributed by atoms with Gasteiger partial charge in [-0.3, -0.25) is 9.35 Å². The van der Waals surface area contributed by atoms with Crippen LogP contribution >= 0.6 is 0 Å². The van der Waals surface area contributed by atoms with Gasteiger partial charge in [-0.1, -0.05) is 115 Å².